The highest BCUT2D eigenvalue weighted by Crippen LogP contribution is 2.30. The first kappa shape index (κ1) is 22.7. The number of benzene rings is 1. The van der Waals surface area contributed by atoms with Crippen molar-refractivity contribution < 1.29 is 19.1 Å². The molecule has 13 heteroatoms. The van der Waals surface area contributed by atoms with Crippen LogP contribution in [0, 0.1) is 0 Å². The number of ether oxygens (including phenoxy) is 1. The molecule has 0 radical (unpaired) electrons. The molecule has 1 saturated heterocycles. The molecule has 0 saturated carbocycles. The van der Waals surface area contributed by atoms with Crippen molar-refractivity contribution >= 4 is 46.7 Å². The van der Waals surface area contributed by atoms with Gasteiger partial charge in [0.15, 0.2) is 5.15 Å². The number of esters is 1. The smallest absolute Gasteiger partial charge is 0.328 e. The molecule has 3 heterocycles. The summed E-state index contributed by atoms with van der Waals surface area (Å²) in [7, 11) is 2.98. The van der Waals surface area contributed by atoms with Crippen LogP contribution in [0.5, 0.6) is 0 Å². The van der Waals surface area contributed by atoms with E-state index in [1.807, 2.05) is 0 Å². The molecule has 33 heavy (non-hydrogen) atoms. The molecule has 1 aliphatic rings. The Balaban J connectivity index is 1.63. The average molecular weight is 492 g/mol. The van der Waals surface area contributed by atoms with Gasteiger partial charge in [-0.2, -0.15) is 5.10 Å². The number of aryl methyl sites for hydroxylation is 1. The summed E-state index contributed by atoms with van der Waals surface area (Å²) in [6.07, 6.45) is 4.97. The first-order valence-corrected chi connectivity index (χ1v) is 10.6. The highest BCUT2D eigenvalue weighted by atomic mass is 35.5. The van der Waals surface area contributed by atoms with E-state index in [9.17, 15) is 14.4 Å². The lowest BCUT2D eigenvalue weighted by atomic mass is 10.1. The summed E-state index contributed by atoms with van der Waals surface area (Å²) in [6.45, 7) is -0.613. The summed E-state index contributed by atoms with van der Waals surface area (Å²) in [5.74, 6) is -1.44. The van der Waals surface area contributed by atoms with Crippen molar-refractivity contribution in [1.82, 2.24) is 29.7 Å². The van der Waals surface area contributed by atoms with Crippen molar-refractivity contribution in [3.05, 3.63) is 52.5 Å². The molecule has 2 aromatic heterocycles. The molecule has 11 nitrogen and oxygen atoms in total. The molecule has 1 unspecified atom stereocenters. The van der Waals surface area contributed by atoms with Crippen LogP contribution < -0.4 is 4.90 Å². The zero-order valence-corrected chi connectivity index (χ0v) is 19.2. The average Bonchev–Trinajstić information content (AvgIpc) is 3.40. The minimum Gasteiger partial charge on any atom is -0.467 e. The molecule has 1 aromatic carbocycles. The van der Waals surface area contributed by atoms with Gasteiger partial charge < -0.3 is 9.64 Å². The van der Waals surface area contributed by atoms with Crippen LogP contribution in [-0.2, 0) is 32.6 Å². The summed E-state index contributed by atoms with van der Waals surface area (Å²) in [6, 6.07) is 3.86. The number of anilines is 1. The third-order valence-corrected chi connectivity index (χ3v) is 5.61. The lowest BCUT2D eigenvalue weighted by Gasteiger charge is -2.37. The predicted octanol–water partition coefficient (Wildman–Crippen LogP) is 1.27. The number of carbonyl (C=O) groups is 3. The van der Waals surface area contributed by atoms with E-state index in [1.54, 1.807) is 42.3 Å². The largest absolute Gasteiger partial charge is 0.467 e. The Bertz CT molecular complexity index is 1220. The van der Waals surface area contributed by atoms with Gasteiger partial charge in [0.2, 0.25) is 11.8 Å². The van der Waals surface area contributed by atoms with E-state index in [2.05, 4.69) is 15.4 Å². The lowest BCUT2D eigenvalue weighted by molar-refractivity contribution is -0.154. The number of nitrogens with zero attached hydrogens (tertiary/aromatic N) is 7. The van der Waals surface area contributed by atoms with Gasteiger partial charge in [-0.1, -0.05) is 28.4 Å². The van der Waals surface area contributed by atoms with Gasteiger partial charge in [0.1, 0.15) is 19.1 Å². The van der Waals surface area contributed by atoms with Gasteiger partial charge >= 0.3 is 5.97 Å². The molecule has 2 amide bonds. The van der Waals surface area contributed by atoms with Gasteiger partial charge in [0, 0.05) is 24.7 Å². The Hall–Kier alpha value is -3.44. The van der Waals surface area contributed by atoms with Gasteiger partial charge in [-0.15, -0.1) is 5.10 Å². The van der Waals surface area contributed by atoms with E-state index >= 15 is 0 Å². The Kier molecular flexibility index (Phi) is 6.34. The van der Waals surface area contributed by atoms with Crippen LogP contribution in [0.2, 0.25) is 10.2 Å². The molecule has 172 valence electrons. The summed E-state index contributed by atoms with van der Waals surface area (Å²) >= 11 is 12.1. The number of hydrogen-bond donors (Lipinski definition) is 0. The highest BCUT2D eigenvalue weighted by Gasteiger charge is 2.39. The van der Waals surface area contributed by atoms with Crippen molar-refractivity contribution in [2.45, 2.75) is 12.5 Å². The molecule has 0 bridgehead atoms. The molecule has 1 atom stereocenters. The first-order chi connectivity index (χ1) is 15.8. The summed E-state index contributed by atoms with van der Waals surface area (Å²) in [5.41, 5.74) is 1.56. The second-order valence-electron chi connectivity index (χ2n) is 7.39. The summed E-state index contributed by atoms with van der Waals surface area (Å²) in [5, 5.41) is 12.3. The number of amides is 2. The lowest BCUT2D eigenvalue weighted by Crippen LogP contribution is -2.59. The van der Waals surface area contributed by atoms with Crippen molar-refractivity contribution in [2.24, 2.45) is 7.05 Å². The second-order valence-corrected chi connectivity index (χ2v) is 8.21. The SMILES string of the molecule is COC(=O)C(Cc1cnn(C)c1)N1CC(=O)N(c2cc(Cl)ccc2-n2cc(Cl)nn2)CC1=O. The maximum atomic E-state index is 13.2. The van der Waals surface area contributed by atoms with E-state index in [4.69, 9.17) is 27.9 Å². The van der Waals surface area contributed by atoms with Crippen LogP contribution >= 0.6 is 23.2 Å². The Morgan fingerprint density at radius 3 is 2.58 bits per heavy atom. The number of hydrogen-bond acceptors (Lipinski definition) is 7. The maximum absolute atomic E-state index is 13.2. The van der Waals surface area contributed by atoms with Gasteiger partial charge in [-0.05, 0) is 23.8 Å². The maximum Gasteiger partial charge on any atom is 0.328 e. The molecule has 0 N–H and O–H groups in total. The molecule has 4 rings (SSSR count). The number of piperazine rings is 1. The van der Waals surface area contributed by atoms with Crippen LogP contribution in [-0.4, -0.2) is 73.7 Å². The third kappa shape index (κ3) is 4.69. The van der Waals surface area contributed by atoms with Crippen LogP contribution in [0.15, 0.2) is 36.8 Å². The van der Waals surface area contributed by atoms with Crippen molar-refractivity contribution in [2.75, 3.05) is 25.1 Å². The molecule has 3 aromatic rings. The minimum atomic E-state index is -0.967. The number of halogens is 2. The van der Waals surface area contributed by atoms with E-state index in [0.717, 1.165) is 5.56 Å². The van der Waals surface area contributed by atoms with Gasteiger partial charge in [-0.3, -0.25) is 19.2 Å². The number of methoxy groups -OCH3 is 1. The van der Waals surface area contributed by atoms with E-state index in [0.29, 0.717) is 16.4 Å². The number of aromatic nitrogens is 5. The topological polar surface area (TPSA) is 115 Å². The first-order valence-electron chi connectivity index (χ1n) is 9.79. The van der Waals surface area contributed by atoms with Crippen LogP contribution in [0.1, 0.15) is 5.56 Å². The Morgan fingerprint density at radius 2 is 1.94 bits per heavy atom. The van der Waals surface area contributed by atoms with Crippen LogP contribution in [0.3, 0.4) is 0 Å². The predicted molar refractivity (Wildman–Crippen MR) is 118 cm³/mol. The van der Waals surface area contributed by atoms with Gasteiger partial charge in [-0.25, -0.2) is 9.48 Å². The Morgan fingerprint density at radius 1 is 1.15 bits per heavy atom. The molecule has 0 spiro atoms. The monoisotopic (exact) mass is 491 g/mol. The van der Waals surface area contributed by atoms with Crippen LogP contribution in [0.4, 0.5) is 5.69 Å². The van der Waals surface area contributed by atoms with Crippen molar-refractivity contribution in [3.63, 3.8) is 0 Å². The van der Waals surface area contributed by atoms with Crippen molar-refractivity contribution in [3.8, 4) is 5.69 Å². The van der Waals surface area contributed by atoms with E-state index < -0.39 is 23.8 Å². The van der Waals surface area contributed by atoms with Crippen molar-refractivity contribution in [1.29, 1.82) is 0 Å². The normalized spacial score (nSPS) is 15.2. The van der Waals surface area contributed by atoms with Crippen LogP contribution in [0.25, 0.3) is 5.69 Å². The standard InChI is InChI=1S/C20H19Cl2N7O4/c1-26-8-12(7-23-26)5-16(20(32)33-2)28-11-18(30)27(10-19(28)31)15-6-13(21)3-4-14(15)29-9-17(22)24-25-29/h3-4,6-9,16H,5,10-11H2,1-2H3. The summed E-state index contributed by atoms with van der Waals surface area (Å²) in [4.78, 5) is 41.3. The zero-order valence-electron chi connectivity index (χ0n) is 17.7. The third-order valence-electron chi connectivity index (χ3n) is 5.20. The summed E-state index contributed by atoms with van der Waals surface area (Å²) < 4.78 is 7.88. The fraction of sp³-hybridized carbons (Fsp3) is 0.300. The molecule has 1 aliphatic heterocycles. The highest BCUT2D eigenvalue weighted by molar-refractivity contribution is 6.31. The van der Waals surface area contributed by atoms with Gasteiger partial charge in [0.05, 0.1) is 30.9 Å². The quantitative estimate of drug-likeness (QED) is 0.476. The Labute approximate surface area is 198 Å². The molecular weight excluding hydrogens is 473 g/mol. The fourth-order valence-electron chi connectivity index (χ4n) is 3.66. The molecule has 0 aliphatic carbocycles. The number of rotatable bonds is 6. The second kappa shape index (κ2) is 9.20. The van der Waals surface area contributed by atoms with E-state index in [-0.39, 0.29) is 24.7 Å². The zero-order chi connectivity index (χ0) is 23.7. The number of carbonyl (C=O) groups excluding carboxylic acids is 3. The minimum absolute atomic E-state index is 0.166. The fourth-order valence-corrected chi connectivity index (χ4v) is 3.95. The van der Waals surface area contributed by atoms with Gasteiger partial charge in [0.25, 0.3) is 0 Å². The van der Waals surface area contributed by atoms with E-state index in [1.165, 1.54) is 27.8 Å². The molecular formula is C20H19Cl2N7O4. The molecule has 1 fully saturated rings.